The highest BCUT2D eigenvalue weighted by Gasteiger charge is 2.17. The minimum absolute atomic E-state index is 0.0800. The molecule has 170 valence electrons. The van der Waals surface area contributed by atoms with Crippen molar-refractivity contribution in [3.05, 3.63) is 95.2 Å². The predicted molar refractivity (Wildman–Crippen MR) is 127 cm³/mol. The van der Waals surface area contributed by atoms with Crippen molar-refractivity contribution in [2.75, 3.05) is 5.75 Å². The molecule has 1 unspecified atom stereocenters. The van der Waals surface area contributed by atoms with Crippen molar-refractivity contribution in [3.63, 3.8) is 0 Å². The van der Waals surface area contributed by atoms with Crippen LogP contribution in [0.1, 0.15) is 30.1 Å². The number of carbonyl (C=O) groups excluding carboxylic acids is 1. The monoisotopic (exact) mass is 482 g/mol. The number of halogens is 1. The van der Waals surface area contributed by atoms with Crippen LogP contribution in [0.2, 0.25) is 5.02 Å². The molecule has 2 heterocycles. The average Bonchev–Trinajstić information content (AvgIpc) is 3.48. The van der Waals surface area contributed by atoms with Gasteiger partial charge in [0.05, 0.1) is 24.6 Å². The van der Waals surface area contributed by atoms with Crippen LogP contribution in [0.3, 0.4) is 0 Å². The summed E-state index contributed by atoms with van der Waals surface area (Å²) in [7, 11) is 0. The Bertz CT molecular complexity index is 1160. The number of carbonyl (C=O) groups is 1. The second kappa shape index (κ2) is 11.1. The molecular weight excluding hydrogens is 460 g/mol. The first-order valence-electron chi connectivity index (χ1n) is 10.4. The molecule has 2 aromatic carbocycles. The molecule has 9 heteroatoms. The molecule has 0 saturated heterocycles. The van der Waals surface area contributed by atoms with Crippen molar-refractivity contribution in [1.82, 2.24) is 20.1 Å². The molecule has 0 radical (unpaired) electrons. The van der Waals surface area contributed by atoms with E-state index in [0.717, 1.165) is 11.3 Å². The maximum atomic E-state index is 12.5. The lowest BCUT2D eigenvalue weighted by Crippen LogP contribution is -2.28. The van der Waals surface area contributed by atoms with E-state index in [1.807, 2.05) is 54.0 Å². The van der Waals surface area contributed by atoms with Crippen LogP contribution in [-0.4, -0.2) is 26.4 Å². The first-order chi connectivity index (χ1) is 16.1. The first kappa shape index (κ1) is 22.9. The number of benzene rings is 2. The van der Waals surface area contributed by atoms with Gasteiger partial charge in [-0.05, 0) is 48.9 Å². The molecule has 1 amide bonds. The van der Waals surface area contributed by atoms with Gasteiger partial charge >= 0.3 is 0 Å². The molecular formula is C24H23ClN4O3S. The van der Waals surface area contributed by atoms with Crippen molar-refractivity contribution >= 4 is 29.3 Å². The molecule has 2 aromatic heterocycles. The Balaban J connectivity index is 1.41. The largest absolute Gasteiger partial charge is 0.486 e. The summed E-state index contributed by atoms with van der Waals surface area (Å²) in [4.78, 5) is 12.5. The van der Waals surface area contributed by atoms with Gasteiger partial charge in [0.15, 0.2) is 11.0 Å². The molecule has 0 fully saturated rings. The van der Waals surface area contributed by atoms with Crippen LogP contribution < -0.4 is 10.1 Å². The van der Waals surface area contributed by atoms with Gasteiger partial charge in [-0.15, -0.1) is 10.2 Å². The second-order valence-electron chi connectivity index (χ2n) is 7.30. The minimum atomic E-state index is -0.0807. The topological polar surface area (TPSA) is 82.2 Å². The molecule has 0 spiro atoms. The van der Waals surface area contributed by atoms with E-state index in [4.69, 9.17) is 20.8 Å². The maximum Gasteiger partial charge on any atom is 0.230 e. The number of nitrogens with one attached hydrogen (secondary N) is 1. The van der Waals surface area contributed by atoms with E-state index in [1.165, 1.54) is 11.8 Å². The van der Waals surface area contributed by atoms with Crippen LogP contribution in [0.15, 0.2) is 82.6 Å². The van der Waals surface area contributed by atoms with Gasteiger partial charge in [0, 0.05) is 5.02 Å². The smallest absolute Gasteiger partial charge is 0.230 e. The fourth-order valence-corrected chi connectivity index (χ4v) is 4.06. The Morgan fingerprint density at radius 3 is 2.64 bits per heavy atom. The number of thioether (sulfide) groups is 1. The number of aromatic nitrogens is 3. The van der Waals surface area contributed by atoms with Gasteiger partial charge in [0.25, 0.3) is 0 Å². The van der Waals surface area contributed by atoms with E-state index < -0.39 is 0 Å². The zero-order valence-corrected chi connectivity index (χ0v) is 19.6. The van der Waals surface area contributed by atoms with Crippen LogP contribution in [0, 0.1) is 0 Å². The van der Waals surface area contributed by atoms with Gasteiger partial charge < -0.3 is 14.5 Å². The van der Waals surface area contributed by atoms with E-state index in [9.17, 15) is 4.79 Å². The minimum Gasteiger partial charge on any atom is -0.486 e. The van der Waals surface area contributed by atoms with Crippen molar-refractivity contribution in [3.8, 4) is 5.75 Å². The van der Waals surface area contributed by atoms with E-state index in [2.05, 4.69) is 15.5 Å². The van der Waals surface area contributed by atoms with Crippen LogP contribution >= 0.6 is 23.4 Å². The first-order valence-corrected chi connectivity index (χ1v) is 11.7. The highest BCUT2D eigenvalue weighted by molar-refractivity contribution is 7.99. The van der Waals surface area contributed by atoms with Crippen LogP contribution in [0.5, 0.6) is 5.75 Å². The molecule has 33 heavy (non-hydrogen) atoms. The Morgan fingerprint density at radius 1 is 1.12 bits per heavy atom. The predicted octanol–water partition coefficient (Wildman–Crippen LogP) is 5.12. The summed E-state index contributed by atoms with van der Waals surface area (Å²) in [6, 6.07) is 20.6. The Labute approximate surface area is 201 Å². The summed E-state index contributed by atoms with van der Waals surface area (Å²) in [5.74, 6) is 2.19. The Kier molecular flexibility index (Phi) is 7.70. The van der Waals surface area contributed by atoms with Gasteiger partial charge in [0.1, 0.15) is 18.1 Å². The number of amides is 1. The summed E-state index contributed by atoms with van der Waals surface area (Å²) < 4.78 is 13.2. The highest BCUT2D eigenvalue weighted by Crippen LogP contribution is 2.22. The number of rotatable bonds is 10. The van der Waals surface area contributed by atoms with Crippen LogP contribution in [0.4, 0.5) is 0 Å². The molecule has 1 N–H and O–H groups in total. The lowest BCUT2D eigenvalue weighted by molar-refractivity contribution is -0.119. The van der Waals surface area contributed by atoms with Gasteiger partial charge in [-0.25, -0.2) is 0 Å². The molecule has 4 aromatic rings. The summed E-state index contributed by atoms with van der Waals surface area (Å²) >= 11 is 7.26. The van der Waals surface area contributed by atoms with Gasteiger partial charge in [-0.2, -0.15) is 0 Å². The average molecular weight is 483 g/mol. The van der Waals surface area contributed by atoms with Gasteiger partial charge in [-0.1, -0.05) is 53.7 Å². The Morgan fingerprint density at radius 2 is 1.91 bits per heavy atom. The second-order valence-corrected chi connectivity index (χ2v) is 8.67. The van der Waals surface area contributed by atoms with E-state index in [1.54, 1.807) is 30.5 Å². The van der Waals surface area contributed by atoms with E-state index in [-0.39, 0.29) is 24.3 Å². The third-order valence-corrected chi connectivity index (χ3v) is 6.10. The number of hydrogen-bond acceptors (Lipinski definition) is 6. The Hall–Kier alpha value is -3.23. The van der Waals surface area contributed by atoms with Gasteiger partial charge in [0.2, 0.25) is 5.91 Å². The van der Waals surface area contributed by atoms with Crippen molar-refractivity contribution in [1.29, 1.82) is 0 Å². The summed E-state index contributed by atoms with van der Waals surface area (Å²) in [6.07, 6.45) is 1.62. The zero-order valence-electron chi connectivity index (χ0n) is 18.0. The molecule has 0 bridgehead atoms. The molecule has 0 saturated carbocycles. The quantitative estimate of drug-likeness (QED) is 0.316. The number of hydrogen-bond donors (Lipinski definition) is 1. The standard InChI is InChI=1S/C24H23ClN4O3S/c1-17(18-6-3-2-4-7-18)26-23(30)16-33-24-28-27-22(29(24)14-21-8-5-13-31-21)15-32-20-11-9-19(25)10-12-20/h2-13,17H,14-16H2,1H3,(H,26,30). The molecule has 0 aliphatic carbocycles. The third kappa shape index (κ3) is 6.40. The summed E-state index contributed by atoms with van der Waals surface area (Å²) in [6.45, 7) is 2.61. The fraction of sp³-hybridized carbons (Fsp3) is 0.208. The third-order valence-electron chi connectivity index (χ3n) is 4.88. The molecule has 4 rings (SSSR count). The van der Waals surface area contributed by atoms with Crippen LogP contribution in [-0.2, 0) is 17.9 Å². The maximum absolute atomic E-state index is 12.5. The van der Waals surface area contributed by atoms with E-state index >= 15 is 0 Å². The normalized spacial score (nSPS) is 11.8. The molecule has 7 nitrogen and oxygen atoms in total. The number of ether oxygens (including phenoxy) is 1. The van der Waals surface area contributed by atoms with Crippen molar-refractivity contribution < 1.29 is 13.9 Å². The van der Waals surface area contributed by atoms with Crippen LogP contribution in [0.25, 0.3) is 0 Å². The summed E-state index contributed by atoms with van der Waals surface area (Å²) in [5, 5.41) is 12.8. The van der Waals surface area contributed by atoms with Crippen molar-refractivity contribution in [2.24, 2.45) is 0 Å². The molecule has 1 atom stereocenters. The highest BCUT2D eigenvalue weighted by atomic mass is 35.5. The van der Waals surface area contributed by atoms with Crippen molar-refractivity contribution in [2.45, 2.75) is 31.3 Å². The zero-order chi connectivity index (χ0) is 23.0. The van der Waals surface area contributed by atoms with E-state index in [0.29, 0.717) is 28.3 Å². The molecule has 0 aliphatic heterocycles. The fourth-order valence-electron chi connectivity index (χ4n) is 3.17. The SMILES string of the molecule is CC(NC(=O)CSc1nnc(COc2ccc(Cl)cc2)n1Cc1ccco1)c1ccccc1. The number of furan rings is 1. The lowest BCUT2D eigenvalue weighted by Gasteiger charge is -2.14. The number of nitrogens with zero attached hydrogens (tertiary/aromatic N) is 3. The molecule has 0 aliphatic rings. The summed E-state index contributed by atoms with van der Waals surface area (Å²) in [5.41, 5.74) is 1.05. The van der Waals surface area contributed by atoms with Gasteiger partial charge in [-0.3, -0.25) is 9.36 Å². The lowest BCUT2D eigenvalue weighted by atomic mass is 10.1.